The Morgan fingerprint density at radius 2 is 0.532 bits per heavy atom. The number of phenols is 2. The molecule has 0 aliphatic rings. The van der Waals surface area contributed by atoms with Gasteiger partial charge in [-0.1, -0.05) is 150 Å². The molecule has 0 aromatic heterocycles. The molecular formula is C44H74O2S. The smallest absolute Gasteiger partial charge is 0.123 e. The Morgan fingerprint density at radius 1 is 0.362 bits per heavy atom. The van der Waals surface area contributed by atoms with E-state index >= 15 is 0 Å². The predicted octanol–water partition coefficient (Wildman–Crippen LogP) is 14.1. The summed E-state index contributed by atoms with van der Waals surface area (Å²) in [6.07, 6.45) is 3.82. The fraction of sp³-hybridized carbons (Fsp3) is 0.727. The van der Waals surface area contributed by atoms with Crippen molar-refractivity contribution < 1.29 is 10.2 Å². The van der Waals surface area contributed by atoms with Gasteiger partial charge in [-0.2, -0.15) is 0 Å². The van der Waals surface area contributed by atoms with Crippen molar-refractivity contribution in [2.45, 2.75) is 196 Å². The molecule has 0 atom stereocenters. The molecular weight excluding hydrogens is 593 g/mol. The third kappa shape index (κ3) is 11.8. The summed E-state index contributed by atoms with van der Waals surface area (Å²) >= 11 is 1.78. The van der Waals surface area contributed by atoms with Crippen molar-refractivity contribution in [3.8, 4) is 11.5 Å². The number of aromatic hydroxyl groups is 2. The van der Waals surface area contributed by atoms with Gasteiger partial charge in [0.05, 0.1) is 0 Å². The van der Waals surface area contributed by atoms with Crippen molar-refractivity contribution in [3.05, 3.63) is 46.5 Å². The Kier molecular flexibility index (Phi) is 11.7. The van der Waals surface area contributed by atoms with Gasteiger partial charge in [0.2, 0.25) is 0 Å². The summed E-state index contributed by atoms with van der Waals surface area (Å²) < 4.78 is 0. The number of phenolic OH excluding ortho intramolecular Hbond substituents is 2. The van der Waals surface area contributed by atoms with Crippen LogP contribution in [-0.4, -0.2) is 10.2 Å². The maximum atomic E-state index is 12.1. The Morgan fingerprint density at radius 3 is 0.681 bits per heavy atom. The lowest BCUT2D eigenvalue weighted by Crippen LogP contribution is -2.28. The Bertz CT molecular complexity index is 1190. The molecule has 0 fully saturated rings. The van der Waals surface area contributed by atoms with Crippen molar-refractivity contribution in [3.63, 3.8) is 0 Å². The van der Waals surface area contributed by atoms with E-state index in [2.05, 4.69) is 163 Å². The van der Waals surface area contributed by atoms with E-state index in [-0.39, 0.29) is 43.3 Å². The van der Waals surface area contributed by atoms with E-state index in [1.54, 1.807) is 11.8 Å². The summed E-state index contributed by atoms with van der Waals surface area (Å²) in [6.45, 7) is 45.7. The molecule has 2 N–H and O–H groups in total. The highest BCUT2D eigenvalue weighted by Gasteiger charge is 2.38. The fourth-order valence-electron chi connectivity index (χ4n) is 9.22. The molecule has 47 heavy (non-hydrogen) atoms. The lowest BCUT2D eigenvalue weighted by Gasteiger charge is -2.38. The van der Waals surface area contributed by atoms with E-state index in [4.69, 9.17) is 0 Å². The highest BCUT2D eigenvalue weighted by Crippen LogP contribution is 2.51. The first-order valence-corrected chi connectivity index (χ1v) is 18.8. The molecule has 3 heteroatoms. The topological polar surface area (TPSA) is 40.5 Å². The van der Waals surface area contributed by atoms with Crippen LogP contribution in [0.2, 0.25) is 0 Å². The van der Waals surface area contributed by atoms with Gasteiger partial charge in [0.1, 0.15) is 11.5 Å². The second-order valence-corrected chi connectivity index (χ2v) is 23.5. The Hall–Kier alpha value is -1.61. The van der Waals surface area contributed by atoms with Gasteiger partial charge in [0.15, 0.2) is 0 Å². The van der Waals surface area contributed by atoms with Crippen LogP contribution < -0.4 is 0 Å². The molecule has 0 unspecified atom stereocenters. The minimum atomic E-state index is -0.222. The van der Waals surface area contributed by atoms with E-state index in [9.17, 15) is 10.2 Å². The average molecular weight is 667 g/mol. The standard InChI is InChI=1S/C44H74O2S/c1-37(2,3)25-41(13,14)31-21-29(22-32(35(31)45)42(15,16)26-38(4,5)6)47-30-23-33(43(17,18)27-39(7,8)9)36(46)34(24-30)44(19,20)28-40(10,11)12/h21-24,45-46H,25-28H2,1-20H3. The van der Waals surface area contributed by atoms with Crippen LogP contribution in [0.1, 0.15) is 186 Å². The van der Waals surface area contributed by atoms with Crippen molar-refractivity contribution in [1.29, 1.82) is 0 Å². The van der Waals surface area contributed by atoms with Crippen LogP contribution in [-0.2, 0) is 21.7 Å². The molecule has 2 aromatic carbocycles. The molecule has 268 valence electrons. The second-order valence-electron chi connectivity index (χ2n) is 22.3. The molecule has 2 aromatic rings. The first-order chi connectivity index (χ1) is 20.6. The highest BCUT2D eigenvalue weighted by atomic mass is 32.2. The summed E-state index contributed by atoms with van der Waals surface area (Å²) in [5.41, 5.74) is 3.64. The molecule has 0 heterocycles. The van der Waals surface area contributed by atoms with Crippen molar-refractivity contribution in [2.75, 3.05) is 0 Å². The van der Waals surface area contributed by atoms with Gasteiger partial charge < -0.3 is 10.2 Å². The minimum absolute atomic E-state index is 0.109. The molecule has 0 saturated carbocycles. The van der Waals surface area contributed by atoms with Gasteiger partial charge in [-0.05, 0) is 93.3 Å². The lowest BCUT2D eigenvalue weighted by molar-refractivity contribution is 0.266. The number of hydrogen-bond acceptors (Lipinski definition) is 3. The summed E-state index contributed by atoms with van der Waals surface area (Å²) in [5.74, 6) is 0.894. The first-order valence-electron chi connectivity index (χ1n) is 18.0. The molecule has 0 amide bonds. The first kappa shape index (κ1) is 41.6. The monoisotopic (exact) mass is 667 g/mol. The molecule has 0 aliphatic heterocycles. The van der Waals surface area contributed by atoms with Crippen LogP contribution in [0.4, 0.5) is 0 Å². The Labute approximate surface area is 296 Å². The van der Waals surface area contributed by atoms with Gasteiger partial charge in [0.25, 0.3) is 0 Å². The normalized spacial score (nSPS) is 14.6. The molecule has 0 radical (unpaired) electrons. The minimum Gasteiger partial charge on any atom is -0.507 e. The Balaban J connectivity index is 2.96. The summed E-state index contributed by atoms with van der Waals surface area (Å²) in [4.78, 5) is 2.28. The summed E-state index contributed by atoms with van der Waals surface area (Å²) in [6, 6.07) is 8.98. The van der Waals surface area contributed by atoms with E-state index in [1.807, 2.05) is 0 Å². The maximum Gasteiger partial charge on any atom is 0.123 e. The third-order valence-corrected chi connectivity index (χ3v) is 10.2. The van der Waals surface area contributed by atoms with Gasteiger partial charge in [-0.25, -0.2) is 0 Å². The number of benzene rings is 2. The van der Waals surface area contributed by atoms with Gasteiger partial charge in [-0.15, -0.1) is 0 Å². The van der Waals surface area contributed by atoms with Crippen molar-refractivity contribution in [2.24, 2.45) is 21.7 Å². The number of rotatable bonds is 10. The fourth-order valence-corrected chi connectivity index (χ4v) is 10.2. The van der Waals surface area contributed by atoms with Crippen molar-refractivity contribution in [1.82, 2.24) is 0 Å². The number of hydrogen-bond donors (Lipinski definition) is 2. The molecule has 0 bridgehead atoms. The molecule has 2 nitrogen and oxygen atoms in total. The van der Waals surface area contributed by atoms with Crippen LogP contribution in [0.5, 0.6) is 11.5 Å². The van der Waals surface area contributed by atoms with Gasteiger partial charge in [0, 0.05) is 32.0 Å². The average Bonchev–Trinajstić information content (AvgIpc) is 2.74. The zero-order valence-corrected chi connectivity index (χ0v) is 35.3. The SMILES string of the molecule is CC(C)(C)CC(C)(C)c1cc(Sc2cc(C(C)(C)CC(C)(C)C)c(O)c(C(C)(C)CC(C)(C)C)c2)cc(C(C)(C)CC(C)(C)C)c1O. The van der Waals surface area contributed by atoms with Crippen LogP contribution in [0.25, 0.3) is 0 Å². The predicted molar refractivity (Wildman–Crippen MR) is 209 cm³/mol. The maximum absolute atomic E-state index is 12.1. The van der Waals surface area contributed by atoms with Crippen LogP contribution in [0.15, 0.2) is 34.1 Å². The quantitative estimate of drug-likeness (QED) is 0.265. The molecule has 2 rings (SSSR count). The van der Waals surface area contributed by atoms with E-state index in [0.717, 1.165) is 57.7 Å². The lowest BCUT2D eigenvalue weighted by atomic mass is 9.68. The van der Waals surface area contributed by atoms with Crippen LogP contribution in [0.3, 0.4) is 0 Å². The van der Waals surface area contributed by atoms with Crippen molar-refractivity contribution >= 4 is 11.8 Å². The third-order valence-electron chi connectivity index (χ3n) is 9.21. The van der Waals surface area contributed by atoms with Gasteiger partial charge in [-0.3, -0.25) is 0 Å². The van der Waals surface area contributed by atoms with E-state index in [1.165, 1.54) is 0 Å². The van der Waals surface area contributed by atoms with E-state index < -0.39 is 0 Å². The highest BCUT2D eigenvalue weighted by molar-refractivity contribution is 7.99. The zero-order valence-electron chi connectivity index (χ0n) is 34.4. The van der Waals surface area contributed by atoms with Gasteiger partial charge >= 0.3 is 0 Å². The molecule has 0 spiro atoms. The summed E-state index contributed by atoms with van der Waals surface area (Å²) in [7, 11) is 0. The largest absolute Gasteiger partial charge is 0.507 e. The molecule has 0 saturated heterocycles. The van der Waals surface area contributed by atoms with Crippen LogP contribution in [0, 0.1) is 21.7 Å². The van der Waals surface area contributed by atoms with Crippen LogP contribution >= 0.6 is 11.8 Å². The second kappa shape index (κ2) is 13.3. The molecule has 0 aliphatic carbocycles. The summed E-state index contributed by atoms with van der Waals surface area (Å²) in [5, 5.41) is 24.1. The van der Waals surface area contributed by atoms with E-state index in [0.29, 0.717) is 11.5 Å². The zero-order chi connectivity index (χ0) is 37.0.